The Morgan fingerprint density at radius 3 is 2.92 bits per heavy atom. The zero-order valence-electron chi connectivity index (χ0n) is 12.8. The first-order chi connectivity index (χ1) is 11.6. The fraction of sp³-hybridized carbons (Fsp3) is 0.222. The van der Waals surface area contributed by atoms with E-state index in [1.54, 1.807) is 46.0 Å². The molecular weight excluding hydrogens is 309 g/mol. The van der Waals surface area contributed by atoms with Crippen LogP contribution in [0.15, 0.2) is 54.9 Å². The molecule has 3 heterocycles. The zero-order valence-corrected chi connectivity index (χ0v) is 12.8. The summed E-state index contributed by atoms with van der Waals surface area (Å²) >= 11 is 0. The molecule has 1 N–H and O–H groups in total. The first-order valence-corrected chi connectivity index (χ1v) is 7.80. The van der Waals surface area contributed by atoms with Crippen LogP contribution in [-0.2, 0) is 0 Å². The summed E-state index contributed by atoms with van der Waals surface area (Å²) in [5.74, 6) is -0.553. The minimum atomic E-state index is -0.621. The maximum Gasteiger partial charge on any atom is 0.271 e. The molecule has 1 aliphatic rings. The summed E-state index contributed by atoms with van der Waals surface area (Å²) in [7, 11) is 0. The van der Waals surface area contributed by atoms with Crippen LogP contribution >= 0.6 is 0 Å². The third-order valence-corrected chi connectivity index (χ3v) is 4.42. The van der Waals surface area contributed by atoms with Gasteiger partial charge >= 0.3 is 0 Å². The summed E-state index contributed by atoms with van der Waals surface area (Å²) in [6.45, 7) is 0.227. The van der Waals surface area contributed by atoms with Crippen molar-refractivity contribution in [2.24, 2.45) is 0 Å². The van der Waals surface area contributed by atoms with Gasteiger partial charge in [0, 0.05) is 18.9 Å². The zero-order chi connectivity index (χ0) is 16.7. The highest BCUT2D eigenvalue weighted by Crippen LogP contribution is 2.33. The van der Waals surface area contributed by atoms with Crippen molar-refractivity contribution in [2.75, 3.05) is 6.54 Å². The smallest absolute Gasteiger partial charge is 0.271 e. The number of likely N-dealkylation sites (tertiary alicyclic amines) is 1. The second-order valence-electron chi connectivity index (χ2n) is 5.98. The van der Waals surface area contributed by atoms with E-state index in [2.05, 4.69) is 4.98 Å². The van der Waals surface area contributed by atoms with E-state index in [-0.39, 0.29) is 24.3 Å². The van der Waals surface area contributed by atoms with Crippen LogP contribution in [-0.4, -0.2) is 37.9 Å². The molecule has 0 spiro atoms. The Labute approximate surface area is 138 Å². The van der Waals surface area contributed by atoms with Gasteiger partial charge in [-0.2, -0.15) is 0 Å². The second-order valence-corrected chi connectivity index (χ2v) is 5.98. The van der Waals surface area contributed by atoms with Gasteiger partial charge in [-0.05, 0) is 36.2 Å². The number of rotatable bonds is 2. The summed E-state index contributed by atoms with van der Waals surface area (Å²) < 4.78 is 15.3. The maximum atomic E-state index is 13.6. The standard InChI is InChI=1S/C18H16FN3O2/c19-13-4-1-3-12(9-13)16-10-14(23)11-22(16)18(24)15-5-2-6-17-20-7-8-21(15)17/h1-9,14,16,23H,10-11H2/t14-,16-/m0/s1. The van der Waals surface area contributed by atoms with Crippen LogP contribution in [0.1, 0.15) is 28.5 Å². The van der Waals surface area contributed by atoms with Gasteiger partial charge in [0.05, 0.1) is 12.1 Å². The lowest BCUT2D eigenvalue weighted by molar-refractivity contribution is 0.0708. The number of benzene rings is 1. The average Bonchev–Trinajstić information content (AvgIpc) is 3.20. The maximum absolute atomic E-state index is 13.6. The molecule has 5 nitrogen and oxygen atoms in total. The van der Waals surface area contributed by atoms with E-state index in [1.165, 1.54) is 12.1 Å². The number of aliphatic hydroxyl groups is 1. The highest BCUT2D eigenvalue weighted by Gasteiger charge is 2.36. The Hall–Kier alpha value is -2.73. The van der Waals surface area contributed by atoms with Crippen molar-refractivity contribution in [3.63, 3.8) is 0 Å². The normalized spacial score (nSPS) is 20.7. The number of amides is 1. The highest BCUT2D eigenvalue weighted by molar-refractivity contribution is 5.93. The van der Waals surface area contributed by atoms with Gasteiger partial charge in [0.1, 0.15) is 17.2 Å². The van der Waals surface area contributed by atoms with Crippen molar-refractivity contribution in [3.8, 4) is 0 Å². The summed E-state index contributed by atoms with van der Waals surface area (Å²) in [6.07, 6.45) is 3.14. The number of aromatic nitrogens is 2. The predicted octanol–water partition coefficient (Wildman–Crippen LogP) is 2.42. The number of aliphatic hydroxyl groups excluding tert-OH is 1. The number of hydrogen-bond acceptors (Lipinski definition) is 3. The van der Waals surface area contributed by atoms with E-state index in [1.807, 2.05) is 6.07 Å². The van der Waals surface area contributed by atoms with Crippen LogP contribution in [0.5, 0.6) is 0 Å². The Kier molecular flexibility index (Phi) is 3.54. The molecule has 1 fully saturated rings. The van der Waals surface area contributed by atoms with Crippen molar-refractivity contribution in [2.45, 2.75) is 18.6 Å². The SMILES string of the molecule is O=C(c1cccc2nccn12)N1C[C@@H](O)C[C@H]1c1cccc(F)c1. The number of carbonyl (C=O) groups excluding carboxylic acids is 1. The molecule has 0 unspecified atom stereocenters. The minimum absolute atomic E-state index is 0.204. The van der Waals surface area contributed by atoms with Crippen LogP contribution in [0.4, 0.5) is 4.39 Å². The van der Waals surface area contributed by atoms with Crippen molar-refractivity contribution >= 4 is 11.6 Å². The van der Waals surface area contributed by atoms with Crippen LogP contribution < -0.4 is 0 Å². The number of β-amino-alcohol motifs (C(OH)–C–C–N with tert-alkyl or cyclic N) is 1. The molecule has 3 aromatic rings. The Morgan fingerprint density at radius 1 is 1.25 bits per heavy atom. The molecule has 122 valence electrons. The summed E-state index contributed by atoms with van der Waals surface area (Å²) in [5, 5.41) is 10.1. The molecule has 0 aliphatic carbocycles. The van der Waals surface area contributed by atoms with Crippen LogP contribution in [0.25, 0.3) is 5.65 Å². The van der Waals surface area contributed by atoms with Crippen molar-refractivity contribution in [1.82, 2.24) is 14.3 Å². The third kappa shape index (κ3) is 2.45. The molecule has 4 rings (SSSR count). The van der Waals surface area contributed by atoms with Gasteiger partial charge < -0.3 is 10.0 Å². The van der Waals surface area contributed by atoms with Crippen LogP contribution in [0, 0.1) is 5.82 Å². The largest absolute Gasteiger partial charge is 0.391 e. The van der Waals surface area contributed by atoms with Crippen molar-refractivity contribution < 1.29 is 14.3 Å². The van der Waals surface area contributed by atoms with Gasteiger partial charge in [0.25, 0.3) is 5.91 Å². The molecule has 2 aromatic heterocycles. The van der Waals surface area contributed by atoms with Gasteiger partial charge in [0.15, 0.2) is 0 Å². The fourth-order valence-electron chi connectivity index (χ4n) is 3.34. The Morgan fingerprint density at radius 2 is 2.08 bits per heavy atom. The van der Waals surface area contributed by atoms with E-state index in [4.69, 9.17) is 0 Å². The summed E-state index contributed by atoms with van der Waals surface area (Å²) in [6, 6.07) is 11.2. The number of imidazole rings is 1. The topological polar surface area (TPSA) is 57.8 Å². The highest BCUT2D eigenvalue weighted by atomic mass is 19.1. The lowest BCUT2D eigenvalue weighted by Crippen LogP contribution is -2.33. The van der Waals surface area contributed by atoms with E-state index >= 15 is 0 Å². The molecule has 24 heavy (non-hydrogen) atoms. The van der Waals surface area contributed by atoms with Crippen LogP contribution in [0.2, 0.25) is 0 Å². The molecule has 1 saturated heterocycles. The number of carbonyl (C=O) groups is 1. The fourth-order valence-corrected chi connectivity index (χ4v) is 3.34. The van der Waals surface area contributed by atoms with Gasteiger partial charge in [-0.15, -0.1) is 0 Å². The summed E-state index contributed by atoms with van der Waals surface area (Å²) in [5.41, 5.74) is 1.85. The van der Waals surface area contributed by atoms with Gasteiger partial charge in [0.2, 0.25) is 0 Å². The lowest BCUT2D eigenvalue weighted by Gasteiger charge is -2.25. The first kappa shape index (κ1) is 14.8. The molecule has 0 radical (unpaired) electrons. The third-order valence-electron chi connectivity index (χ3n) is 4.42. The number of halogens is 1. The Bertz CT molecular complexity index is 908. The molecule has 2 atom stereocenters. The molecule has 0 bridgehead atoms. The van der Waals surface area contributed by atoms with Crippen molar-refractivity contribution in [1.29, 1.82) is 0 Å². The first-order valence-electron chi connectivity index (χ1n) is 7.80. The van der Waals surface area contributed by atoms with Gasteiger partial charge in [-0.3, -0.25) is 9.20 Å². The van der Waals surface area contributed by atoms with E-state index in [0.717, 1.165) is 0 Å². The molecule has 0 saturated carbocycles. The quantitative estimate of drug-likeness (QED) is 0.787. The number of pyridine rings is 1. The van der Waals surface area contributed by atoms with E-state index in [9.17, 15) is 14.3 Å². The van der Waals surface area contributed by atoms with Crippen LogP contribution in [0.3, 0.4) is 0 Å². The molecule has 6 heteroatoms. The second kappa shape index (κ2) is 5.72. The average molecular weight is 325 g/mol. The monoisotopic (exact) mass is 325 g/mol. The van der Waals surface area contributed by atoms with Gasteiger partial charge in [-0.25, -0.2) is 9.37 Å². The molecule has 1 aliphatic heterocycles. The molecule has 1 aromatic carbocycles. The number of nitrogens with zero attached hydrogens (tertiary/aromatic N) is 3. The van der Waals surface area contributed by atoms with Gasteiger partial charge in [-0.1, -0.05) is 18.2 Å². The number of hydrogen-bond donors (Lipinski definition) is 1. The van der Waals surface area contributed by atoms with E-state index < -0.39 is 6.10 Å². The van der Waals surface area contributed by atoms with Crippen molar-refractivity contribution in [3.05, 3.63) is 71.9 Å². The lowest BCUT2D eigenvalue weighted by atomic mass is 10.0. The molecular formula is C18H16FN3O2. The molecule has 1 amide bonds. The number of fused-ring (bicyclic) bond motifs is 1. The minimum Gasteiger partial charge on any atom is -0.391 e. The summed E-state index contributed by atoms with van der Waals surface area (Å²) in [4.78, 5) is 18.8. The Balaban J connectivity index is 1.73. The predicted molar refractivity (Wildman–Crippen MR) is 86.0 cm³/mol. The van der Waals surface area contributed by atoms with E-state index in [0.29, 0.717) is 23.3 Å².